The molecule has 0 radical (unpaired) electrons. The summed E-state index contributed by atoms with van der Waals surface area (Å²) >= 11 is 0. The van der Waals surface area contributed by atoms with E-state index in [9.17, 15) is 9.59 Å². The molecule has 0 aliphatic rings. The Bertz CT molecular complexity index is 704. The monoisotopic (exact) mass is 341 g/mol. The van der Waals surface area contributed by atoms with Gasteiger partial charge in [-0.2, -0.15) is 0 Å². The molecule has 132 valence electrons. The van der Waals surface area contributed by atoms with Crippen LogP contribution in [0.25, 0.3) is 0 Å². The van der Waals surface area contributed by atoms with Crippen molar-refractivity contribution in [2.24, 2.45) is 5.73 Å². The first-order valence-corrected chi connectivity index (χ1v) is 8.09. The Hall–Kier alpha value is -2.86. The zero-order valence-electron chi connectivity index (χ0n) is 14.2. The minimum atomic E-state index is -0.614. The molecule has 0 heterocycles. The molecule has 2 aromatic rings. The van der Waals surface area contributed by atoms with E-state index in [1.807, 2.05) is 30.3 Å². The van der Waals surface area contributed by atoms with Gasteiger partial charge in [-0.25, -0.2) is 0 Å². The second-order valence-corrected chi connectivity index (χ2v) is 5.58. The summed E-state index contributed by atoms with van der Waals surface area (Å²) in [6, 6.07) is 15.9. The first kappa shape index (κ1) is 18.5. The zero-order valence-corrected chi connectivity index (χ0v) is 14.2. The normalized spacial score (nSPS) is 11.4. The van der Waals surface area contributed by atoms with Crippen molar-refractivity contribution >= 4 is 11.8 Å². The molecule has 6 nitrogen and oxygen atoms in total. The number of methoxy groups -OCH3 is 1. The predicted octanol–water partition coefficient (Wildman–Crippen LogP) is 1.11. The highest BCUT2D eigenvalue weighted by atomic mass is 16.5. The molecule has 0 aliphatic heterocycles. The van der Waals surface area contributed by atoms with Gasteiger partial charge in [0.25, 0.3) is 5.91 Å². The van der Waals surface area contributed by atoms with Crippen LogP contribution in [-0.4, -0.2) is 38.1 Å². The van der Waals surface area contributed by atoms with Crippen molar-refractivity contribution < 1.29 is 14.3 Å². The fraction of sp³-hybridized carbons (Fsp3) is 0.263. The van der Waals surface area contributed by atoms with Crippen LogP contribution in [0.5, 0.6) is 5.75 Å². The maximum Gasteiger partial charge on any atom is 0.251 e. The lowest BCUT2D eigenvalue weighted by Crippen LogP contribution is -2.44. The third-order valence-corrected chi connectivity index (χ3v) is 3.68. The maximum absolute atomic E-state index is 12.0. The summed E-state index contributed by atoms with van der Waals surface area (Å²) in [5.74, 6) is 0.161. The number of benzene rings is 2. The molecule has 6 heteroatoms. The van der Waals surface area contributed by atoms with Crippen molar-refractivity contribution in [2.75, 3.05) is 20.2 Å². The lowest BCUT2D eigenvalue weighted by molar-refractivity contribution is -0.122. The van der Waals surface area contributed by atoms with Crippen LogP contribution in [0.1, 0.15) is 15.9 Å². The van der Waals surface area contributed by atoms with Gasteiger partial charge in [-0.3, -0.25) is 9.59 Å². The molecule has 4 N–H and O–H groups in total. The van der Waals surface area contributed by atoms with E-state index in [4.69, 9.17) is 10.5 Å². The van der Waals surface area contributed by atoms with Crippen molar-refractivity contribution in [1.29, 1.82) is 0 Å². The first-order valence-electron chi connectivity index (χ1n) is 8.09. The second-order valence-electron chi connectivity index (χ2n) is 5.58. The topological polar surface area (TPSA) is 93.5 Å². The second kappa shape index (κ2) is 9.44. The summed E-state index contributed by atoms with van der Waals surface area (Å²) in [4.78, 5) is 24.0. The van der Waals surface area contributed by atoms with E-state index >= 15 is 0 Å². The van der Waals surface area contributed by atoms with Crippen molar-refractivity contribution in [3.8, 4) is 5.75 Å². The van der Waals surface area contributed by atoms with Gasteiger partial charge in [-0.05, 0) is 30.2 Å². The lowest BCUT2D eigenvalue weighted by Gasteiger charge is -2.13. The van der Waals surface area contributed by atoms with Crippen LogP contribution in [0.4, 0.5) is 0 Å². The molecule has 2 rings (SSSR count). The Morgan fingerprint density at radius 1 is 1.04 bits per heavy atom. The van der Waals surface area contributed by atoms with E-state index in [2.05, 4.69) is 10.6 Å². The molecular formula is C19H23N3O3. The van der Waals surface area contributed by atoms with Crippen LogP contribution in [0.2, 0.25) is 0 Å². The Morgan fingerprint density at radius 3 is 2.48 bits per heavy atom. The number of rotatable bonds is 8. The lowest BCUT2D eigenvalue weighted by atomic mass is 10.1. The Balaban J connectivity index is 1.71. The molecule has 2 aromatic carbocycles. The van der Waals surface area contributed by atoms with E-state index in [-0.39, 0.29) is 11.8 Å². The number of hydrogen-bond donors (Lipinski definition) is 3. The number of carbonyl (C=O) groups excluding carboxylic acids is 2. The SMILES string of the molecule is COc1cccc(C(=O)NCCNC(=O)[C@@H](N)Cc2ccccc2)c1. The summed E-state index contributed by atoms with van der Waals surface area (Å²) in [6.45, 7) is 0.636. The van der Waals surface area contributed by atoms with E-state index in [0.29, 0.717) is 30.8 Å². The van der Waals surface area contributed by atoms with Crippen LogP contribution in [0.15, 0.2) is 54.6 Å². The number of nitrogens with two attached hydrogens (primary N) is 1. The van der Waals surface area contributed by atoms with Crippen LogP contribution in [-0.2, 0) is 11.2 Å². The molecule has 0 saturated heterocycles. The van der Waals surface area contributed by atoms with Gasteiger partial charge >= 0.3 is 0 Å². The Kier molecular flexibility index (Phi) is 6.98. The number of ether oxygens (including phenoxy) is 1. The van der Waals surface area contributed by atoms with Gasteiger partial charge in [0.2, 0.25) is 5.91 Å². The number of amides is 2. The summed E-state index contributed by atoms with van der Waals surface area (Å²) in [7, 11) is 1.55. The average molecular weight is 341 g/mol. The minimum absolute atomic E-state index is 0.221. The van der Waals surface area contributed by atoms with Gasteiger partial charge in [0.05, 0.1) is 13.2 Å². The summed E-state index contributed by atoms with van der Waals surface area (Å²) < 4.78 is 5.09. The third kappa shape index (κ3) is 5.93. The van der Waals surface area contributed by atoms with E-state index < -0.39 is 6.04 Å². The molecule has 0 aromatic heterocycles. The smallest absolute Gasteiger partial charge is 0.251 e. The maximum atomic E-state index is 12.0. The fourth-order valence-electron chi connectivity index (χ4n) is 2.32. The molecular weight excluding hydrogens is 318 g/mol. The summed E-state index contributed by atoms with van der Waals surface area (Å²) in [5, 5.41) is 5.47. The summed E-state index contributed by atoms with van der Waals surface area (Å²) in [6.07, 6.45) is 0.475. The number of nitrogens with one attached hydrogen (secondary N) is 2. The third-order valence-electron chi connectivity index (χ3n) is 3.68. The molecule has 0 unspecified atom stereocenters. The predicted molar refractivity (Wildman–Crippen MR) is 96.5 cm³/mol. The van der Waals surface area contributed by atoms with E-state index in [1.54, 1.807) is 31.4 Å². The minimum Gasteiger partial charge on any atom is -0.497 e. The standard InChI is InChI=1S/C19H23N3O3/c1-25-16-9-5-8-15(13-16)18(23)21-10-11-22-19(24)17(20)12-14-6-3-2-4-7-14/h2-9,13,17H,10-12,20H2,1H3,(H,21,23)(H,22,24)/t17-/m0/s1. The average Bonchev–Trinajstić information content (AvgIpc) is 2.65. The van der Waals surface area contributed by atoms with Crippen molar-refractivity contribution in [1.82, 2.24) is 10.6 Å². The molecule has 2 amide bonds. The van der Waals surface area contributed by atoms with Crippen LogP contribution < -0.4 is 21.1 Å². The molecule has 0 spiro atoms. The molecule has 0 aliphatic carbocycles. The summed E-state index contributed by atoms with van der Waals surface area (Å²) in [5.41, 5.74) is 7.42. The first-order chi connectivity index (χ1) is 12.1. The van der Waals surface area contributed by atoms with Crippen molar-refractivity contribution in [2.45, 2.75) is 12.5 Å². The van der Waals surface area contributed by atoms with Crippen LogP contribution in [0, 0.1) is 0 Å². The quantitative estimate of drug-likeness (QED) is 0.627. The van der Waals surface area contributed by atoms with Gasteiger partial charge in [0.15, 0.2) is 0 Å². The van der Waals surface area contributed by atoms with Crippen LogP contribution >= 0.6 is 0 Å². The molecule has 1 atom stereocenters. The zero-order chi connectivity index (χ0) is 18.1. The number of hydrogen-bond acceptors (Lipinski definition) is 4. The van der Waals surface area contributed by atoms with Crippen LogP contribution in [0.3, 0.4) is 0 Å². The fourth-order valence-corrected chi connectivity index (χ4v) is 2.32. The number of carbonyl (C=O) groups is 2. The molecule has 0 fully saturated rings. The van der Waals surface area contributed by atoms with Gasteiger partial charge in [-0.1, -0.05) is 36.4 Å². The van der Waals surface area contributed by atoms with E-state index in [1.165, 1.54) is 0 Å². The highest BCUT2D eigenvalue weighted by Gasteiger charge is 2.13. The van der Waals surface area contributed by atoms with Gasteiger partial charge in [-0.15, -0.1) is 0 Å². The Labute approximate surface area is 147 Å². The van der Waals surface area contributed by atoms with Gasteiger partial charge < -0.3 is 21.1 Å². The van der Waals surface area contributed by atoms with Gasteiger partial charge in [0, 0.05) is 18.7 Å². The largest absolute Gasteiger partial charge is 0.497 e. The molecule has 25 heavy (non-hydrogen) atoms. The van der Waals surface area contributed by atoms with Gasteiger partial charge in [0.1, 0.15) is 5.75 Å². The molecule has 0 saturated carbocycles. The van der Waals surface area contributed by atoms with Crippen molar-refractivity contribution in [3.63, 3.8) is 0 Å². The molecule has 0 bridgehead atoms. The highest BCUT2D eigenvalue weighted by Crippen LogP contribution is 2.12. The Morgan fingerprint density at radius 2 is 1.76 bits per heavy atom. The van der Waals surface area contributed by atoms with Crippen molar-refractivity contribution in [3.05, 3.63) is 65.7 Å². The van der Waals surface area contributed by atoms with E-state index in [0.717, 1.165) is 5.56 Å². The highest BCUT2D eigenvalue weighted by molar-refractivity contribution is 5.94.